The van der Waals surface area contributed by atoms with Crippen molar-refractivity contribution in [2.45, 2.75) is 44.9 Å². The fourth-order valence-electron chi connectivity index (χ4n) is 3.14. The van der Waals surface area contributed by atoms with E-state index >= 15 is 0 Å². The molecule has 0 aromatic carbocycles. The first kappa shape index (κ1) is 17.0. The van der Waals surface area contributed by atoms with Crippen molar-refractivity contribution in [1.82, 2.24) is 4.90 Å². The largest absolute Gasteiger partial charge is 1.00 e. The third-order valence-electron chi connectivity index (χ3n) is 4.45. The van der Waals surface area contributed by atoms with Crippen molar-refractivity contribution in [1.29, 1.82) is 0 Å². The summed E-state index contributed by atoms with van der Waals surface area (Å²) in [5.74, 6) is 2.04. The van der Waals surface area contributed by atoms with Crippen LogP contribution in [-0.4, -0.2) is 38.1 Å². The van der Waals surface area contributed by atoms with Crippen LogP contribution in [0.3, 0.4) is 0 Å². The number of rotatable bonds is 4. The first-order valence-electron chi connectivity index (χ1n) is 7.16. The Labute approximate surface area is 166 Å². The summed E-state index contributed by atoms with van der Waals surface area (Å²) in [5, 5.41) is 4.43. The molecule has 0 amide bonds. The Kier molecular flexibility index (Phi) is 9.82. The second kappa shape index (κ2) is 9.81. The second-order valence-electron chi connectivity index (χ2n) is 5.79. The molecule has 3 heteroatoms. The van der Waals surface area contributed by atoms with Gasteiger partial charge in [0, 0.05) is 0 Å². The maximum absolute atomic E-state index is 4.43. The third kappa shape index (κ3) is 6.80. The molecule has 94 valence electrons. The summed E-state index contributed by atoms with van der Waals surface area (Å²) < 4.78 is 0. The Balaban J connectivity index is 0.00000144. The molecule has 0 spiro atoms. The van der Waals surface area contributed by atoms with Gasteiger partial charge in [-0.15, -0.1) is 13.1 Å². The Morgan fingerprint density at radius 2 is 1.47 bits per heavy atom. The summed E-state index contributed by atoms with van der Waals surface area (Å²) in [6, 6.07) is 0. The van der Waals surface area contributed by atoms with E-state index in [-0.39, 0.29) is 68.9 Å². The van der Waals surface area contributed by atoms with Crippen LogP contribution in [0.4, 0.5) is 0 Å². The second-order valence-corrected chi connectivity index (χ2v) is 5.79. The molecule has 0 aliphatic carbocycles. The zero-order chi connectivity index (χ0) is 11.2. The summed E-state index contributed by atoms with van der Waals surface area (Å²) in [6.45, 7) is 4.93. The van der Waals surface area contributed by atoms with E-state index < -0.39 is 0 Å². The molecule has 2 rings (SSSR count). The molecule has 0 N–H and O–H groups in total. The minimum atomic E-state index is 0. The van der Waals surface area contributed by atoms with E-state index in [9.17, 15) is 0 Å². The standard InChI is InChI=1S/C14H27N2.Cs/c1-16-11-7-14(8-12-16)4-2-3-13-5-9-15-10-6-13;/h13-14H,2-12H2,1H3;/q-1;+1. The molecule has 0 aromatic rings. The van der Waals surface area contributed by atoms with Crippen LogP contribution in [0.15, 0.2) is 0 Å². The van der Waals surface area contributed by atoms with E-state index in [1.54, 1.807) is 0 Å². The molecule has 0 atom stereocenters. The molecule has 0 aromatic heterocycles. The van der Waals surface area contributed by atoms with Crippen LogP contribution in [0.25, 0.3) is 5.32 Å². The Morgan fingerprint density at radius 3 is 2.06 bits per heavy atom. The summed E-state index contributed by atoms with van der Waals surface area (Å²) in [4.78, 5) is 2.47. The van der Waals surface area contributed by atoms with E-state index in [0.717, 1.165) is 24.9 Å². The van der Waals surface area contributed by atoms with Crippen molar-refractivity contribution in [2.75, 3.05) is 33.2 Å². The molecule has 2 saturated heterocycles. The van der Waals surface area contributed by atoms with Gasteiger partial charge < -0.3 is 10.2 Å². The maximum Gasteiger partial charge on any atom is 1.00 e. The number of piperidine rings is 2. The molecule has 0 unspecified atom stereocenters. The van der Waals surface area contributed by atoms with E-state index in [1.165, 1.54) is 58.0 Å². The minimum absolute atomic E-state index is 0. The summed E-state index contributed by atoms with van der Waals surface area (Å²) in [6.07, 6.45) is 10.1. The monoisotopic (exact) mass is 356 g/mol. The topological polar surface area (TPSA) is 17.3 Å². The van der Waals surface area contributed by atoms with Gasteiger partial charge in [0.25, 0.3) is 0 Å². The van der Waals surface area contributed by atoms with Crippen LogP contribution in [-0.2, 0) is 0 Å². The molecule has 2 fully saturated rings. The quantitative estimate of drug-likeness (QED) is 0.708. The van der Waals surface area contributed by atoms with Crippen molar-refractivity contribution < 1.29 is 68.9 Å². The number of hydrogen-bond acceptors (Lipinski definition) is 1. The molecule has 0 radical (unpaired) electrons. The van der Waals surface area contributed by atoms with Crippen molar-refractivity contribution in [3.63, 3.8) is 0 Å². The SMILES string of the molecule is CN1CCC(CCCC2CC[N-]CC2)CC1.[Cs+]. The Hall–Kier alpha value is 1.97. The van der Waals surface area contributed by atoms with Gasteiger partial charge in [-0.1, -0.05) is 32.1 Å². The third-order valence-corrected chi connectivity index (χ3v) is 4.45. The van der Waals surface area contributed by atoms with Gasteiger partial charge in [0.2, 0.25) is 0 Å². The number of hydrogen-bond donors (Lipinski definition) is 0. The molecule has 2 aliphatic rings. The molecular formula is C14H27CsN2. The summed E-state index contributed by atoms with van der Waals surface area (Å²) in [7, 11) is 2.25. The summed E-state index contributed by atoms with van der Waals surface area (Å²) >= 11 is 0. The normalized spacial score (nSPS) is 24.5. The average Bonchev–Trinajstić information content (AvgIpc) is 2.33. The van der Waals surface area contributed by atoms with Gasteiger partial charge in [-0.25, -0.2) is 0 Å². The van der Waals surface area contributed by atoms with Gasteiger partial charge in [0.05, 0.1) is 0 Å². The predicted octanol–water partition coefficient (Wildman–Crippen LogP) is 0.286. The van der Waals surface area contributed by atoms with Gasteiger partial charge in [-0.2, -0.15) is 0 Å². The van der Waals surface area contributed by atoms with Crippen molar-refractivity contribution in [3.8, 4) is 0 Å². The molecule has 17 heavy (non-hydrogen) atoms. The molecule has 2 heterocycles. The molecule has 2 nitrogen and oxygen atoms in total. The zero-order valence-corrected chi connectivity index (χ0v) is 18.1. The van der Waals surface area contributed by atoms with Gasteiger partial charge in [0.15, 0.2) is 0 Å². The van der Waals surface area contributed by atoms with Gasteiger partial charge in [0.1, 0.15) is 0 Å². The van der Waals surface area contributed by atoms with Crippen LogP contribution in [0.2, 0.25) is 0 Å². The Morgan fingerprint density at radius 1 is 0.941 bits per heavy atom. The van der Waals surface area contributed by atoms with Crippen molar-refractivity contribution in [2.24, 2.45) is 11.8 Å². The van der Waals surface area contributed by atoms with Crippen molar-refractivity contribution >= 4 is 0 Å². The molecule has 0 saturated carbocycles. The maximum atomic E-state index is 4.43. The molecule has 0 bridgehead atoms. The fraction of sp³-hybridized carbons (Fsp3) is 1.00. The van der Waals surface area contributed by atoms with Crippen LogP contribution in [0.1, 0.15) is 44.9 Å². The van der Waals surface area contributed by atoms with Gasteiger partial charge in [-0.05, 0) is 44.8 Å². The fourth-order valence-corrected chi connectivity index (χ4v) is 3.14. The average molecular weight is 356 g/mol. The van der Waals surface area contributed by atoms with Gasteiger partial charge >= 0.3 is 68.9 Å². The van der Waals surface area contributed by atoms with E-state index in [4.69, 9.17) is 0 Å². The Bertz CT molecular complexity index is 185. The first-order chi connectivity index (χ1) is 7.84. The van der Waals surface area contributed by atoms with Crippen LogP contribution in [0, 0.1) is 11.8 Å². The van der Waals surface area contributed by atoms with E-state index in [0.29, 0.717) is 0 Å². The number of likely N-dealkylation sites (tertiary alicyclic amines) is 1. The smallest absolute Gasteiger partial charge is 0.662 e. The van der Waals surface area contributed by atoms with Gasteiger partial charge in [-0.3, -0.25) is 0 Å². The first-order valence-corrected chi connectivity index (χ1v) is 7.16. The van der Waals surface area contributed by atoms with Crippen LogP contribution >= 0.6 is 0 Å². The minimum Gasteiger partial charge on any atom is -0.662 e. The number of nitrogens with zero attached hydrogens (tertiary/aromatic N) is 2. The van der Waals surface area contributed by atoms with E-state index in [2.05, 4.69) is 17.3 Å². The van der Waals surface area contributed by atoms with Crippen LogP contribution < -0.4 is 68.9 Å². The van der Waals surface area contributed by atoms with Crippen molar-refractivity contribution in [3.05, 3.63) is 5.32 Å². The summed E-state index contributed by atoms with van der Waals surface area (Å²) in [5.41, 5.74) is 0. The predicted molar refractivity (Wildman–Crippen MR) is 69.9 cm³/mol. The van der Waals surface area contributed by atoms with Crippen LogP contribution in [0.5, 0.6) is 0 Å². The molecular weight excluding hydrogens is 329 g/mol. The zero-order valence-electron chi connectivity index (χ0n) is 11.8. The van der Waals surface area contributed by atoms with E-state index in [1.807, 2.05) is 0 Å². The molecule has 2 aliphatic heterocycles.